The SMILES string of the molecule is CCC(C)C.CCC(C)C.CCC(C)c1ccccc1.CCC(C)c1ccccc1.CCC(C)c1ccccc1.CCC(C)c1ccccc1.CCCl.CC[N+]12CCN(CC1)CC2.CC[N+]12CC[N+](CC)(CC1)CC2.[Cl-].[Cl-].[Cl-].c1ccc(-c2ccccc2)cc1. The number of quaternary nitrogens is 3. The summed E-state index contributed by atoms with van der Waals surface area (Å²) in [6, 6.07) is 63.3. The zero-order valence-electron chi connectivity index (χ0n) is 60.6. The maximum atomic E-state index is 5.00. The van der Waals surface area contributed by atoms with Gasteiger partial charge in [0, 0.05) is 25.5 Å². The molecule has 6 heterocycles. The molecule has 4 atom stereocenters. The summed E-state index contributed by atoms with van der Waals surface area (Å²) in [6.45, 7) is 61.2. The first-order valence-corrected chi connectivity index (χ1v) is 35.6. The maximum Gasteiger partial charge on any atom is 0.129 e. The topological polar surface area (TPSA) is 3.24 Å². The molecule has 4 unspecified atom stereocenters. The standard InChI is InChI=1S/C12H10.C10H22N2.4C10H14.C8H17N2.2C5H12.C2H5Cl.3ClH/c1-3-7-11(8-4-1)12-9-5-2-6-10-12;1-3-11-5-8-12(4-2,9-6-11)10-7-11;4*1-3-9(2)10-7-5-4-6-8-10;1-2-10-6-3-9(4-7-10)5-8-10;2*1-4-5(2)3;1-2-3;;;/h1-10H;3-10H2,1-2H3;4*4-9H,3H2,1-2H3;2-8H2,1H3;2*5H,4H2,1-3H3;2H2,1H3;3*1H/q;+2;;;;;+1;;;;;;/p-3. The number of hydrogen-bond donors (Lipinski definition) is 0. The van der Waals surface area contributed by atoms with Crippen molar-refractivity contribution in [3.05, 3.63) is 204 Å². The second-order valence-corrected chi connectivity index (χ2v) is 26.3. The van der Waals surface area contributed by atoms with E-state index in [0.717, 1.165) is 17.7 Å². The Morgan fingerprint density at radius 2 is 0.456 bits per heavy atom. The molecule has 4 bridgehead atoms. The third kappa shape index (κ3) is 37.9. The molecular weight excluding hydrogens is 1180 g/mol. The van der Waals surface area contributed by atoms with Gasteiger partial charge < -0.3 is 50.7 Å². The lowest BCUT2D eigenvalue weighted by Crippen LogP contribution is -3.00. The zero-order chi connectivity index (χ0) is 64.8. The van der Waals surface area contributed by atoms with E-state index in [9.17, 15) is 0 Å². The van der Waals surface area contributed by atoms with Crippen LogP contribution in [0.1, 0.15) is 209 Å². The average Bonchev–Trinajstić information content (AvgIpc) is 0.818. The summed E-state index contributed by atoms with van der Waals surface area (Å²) >= 11 is 5.00. The summed E-state index contributed by atoms with van der Waals surface area (Å²) in [4.78, 5) is 2.59. The molecule has 510 valence electrons. The Morgan fingerprint density at radius 3 is 0.600 bits per heavy atom. The fourth-order valence-corrected chi connectivity index (χ4v) is 10.4. The number of halogens is 4. The highest BCUT2D eigenvalue weighted by atomic mass is 35.5. The molecule has 90 heavy (non-hydrogen) atoms. The summed E-state index contributed by atoms with van der Waals surface area (Å²) in [5.41, 5.74) is 8.35. The Bertz CT molecular complexity index is 2150. The predicted molar refractivity (Wildman–Crippen MR) is 392 cm³/mol. The molecule has 6 aromatic carbocycles. The van der Waals surface area contributed by atoms with Crippen molar-refractivity contribution in [3.8, 4) is 11.1 Å². The van der Waals surface area contributed by atoms with Gasteiger partial charge in [-0.05, 0) is 115 Å². The van der Waals surface area contributed by atoms with Crippen molar-refractivity contribution < 1.29 is 50.7 Å². The second kappa shape index (κ2) is 54.7. The van der Waals surface area contributed by atoms with Gasteiger partial charge in [-0.1, -0.05) is 299 Å². The van der Waals surface area contributed by atoms with Crippen LogP contribution in [0.5, 0.6) is 0 Å². The number of fused-ring (bicyclic) bond motifs is 6. The van der Waals surface area contributed by atoms with Gasteiger partial charge in [0.25, 0.3) is 0 Å². The van der Waals surface area contributed by atoms with E-state index in [1.54, 1.807) is 0 Å². The molecule has 0 aromatic heterocycles. The molecule has 0 amide bonds. The van der Waals surface area contributed by atoms with E-state index in [-0.39, 0.29) is 37.2 Å². The van der Waals surface area contributed by atoms with Gasteiger partial charge in [-0.25, -0.2) is 0 Å². The van der Waals surface area contributed by atoms with Crippen LogP contribution < -0.4 is 37.2 Å². The number of nitrogens with zero attached hydrogens (tertiary/aromatic N) is 4. The summed E-state index contributed by atoms with van der Waals surface area (Å²) in [7, 11) is 0. The lowest BCUT2D eigenvalue weighted by atomic mass is 9.99. The van der Waals surface area contributed by atoms with E-state index in [2.05, 4.69) is 292 Å². The molecule has 8 heteroatoms. The monoisotopic (exact) mass is 1310 g/mol. The van der Waals surface area contributed by atoms with Gasteiger partial charge in [0.15, 0.2) is 0 Å². The van der Waals surface area contributed by atoms with Crippen molar-refractivity contribution in [2.45, 2.75) is 187 Å². The van der Waals surface area contributed by atoms with E-state index >= 15 is 0 Å². The van der Waals surface area contributed by atoms with Crippen LogP contribution in [0.3, 0.4) is 0 Å². The minimum absolute atomic E-state index is 0. The lowest BCUT2D eigenvalue weighted by molar-refractivity contribution is -1.08. The highest BCUT2D eigenvalue weighted by Gasteiger charge is 2.47. The first-order valence-electron chi connectivity index (χ1n) is 35.0. The molecule has 6 aliphatic rings. The van der Waals surface area contributed by atoms with Crippen LogP contribution in [0.25, 0.3) is 11.1 Å². The molecule has 0 aliphatic carbocycles. The van der Waals surface area contributed by atoms with Crippen molar-refractivity contribution in [2.24, 2.45) is 11.8 Å². The summed E-state index contributed by atoms with van der Waals surface area (Å²) in [5.74, 6) is 5.33. The average molecular weight is 1320 g/mol. The van der Waals surface area contributed by atoms with E-state index in [1.165, 1.54) is 184 Å². The van der Waals surface area contributed by atoms with Gasteiger partial charge in [0.05, 0.1) is 39.3 Å². The summed E-state index contributed by atoms with van der Waals surface area (Å²) in [6.07, 6.45) is 7.52. The highest BCUT2D eigenvalue weighted by Crippen LogP contribution is 2.26. The minimum Gasteiger partial charge on any atom is -1.00 e. The Labute approximate surface area is 581 Å². The van der Waals surface area contributed by atoms with Crippen LogP contribution in [-0.4, -0.2) is 122 Å². The maximum absolute atomic E-state index is 5.00. The van der Waals surface area contributed by atoms with Crippen LogP contribution in [0, 0.1) is 11.8 Å². The van der Waals surface area contributed by atoms with Crippen LogP contribution in [0.4, 0.5) is 0 Å². The molecule has 4 nitrogen and oxygen atoms in total. The van der Waals surface area contributed by atoms with E-state index in [1.807, 2.05) is 19.1 Å². The van der Waals surface area contributed by atoms with Crippen molar-refractivity contribution in [1.29, 1.82) is 0 Å². The number of piperazine rings is 6. The van der Waals surface area contributed by atoms with Crippen molar-refractivity contribution >= 4 is 11.6 Å². The molecule has 0 saturated carbocycles. The molecule has 6 saturated heterocycles. The summed E-state index contributed by atoms with van der Waals surface area (Å²) in [5, 5.41) is 0. The number of hydrogen-bond acceptors (Lipinski definition) is 1. The van der Waals surface area contributed by atoms with E-state index < -0.39 is 0 Å². The number of likely N-dealkylation sites (N-methyl/N-ethyl adjacent to an activating group) is 3. The fraction of sp³-hybridized carbons (Fsp3) is 0.561. The lowest BCUT2D eigenvalue weighted by Gasteiger charge is -2.55. The number of rotatable bonds is 14. The van der Waals surface area contributed by atoms with Gasteiger partial charge in [-0.2, -0.15) is 0 Å². The highest BCUT2D eigenvalue weighted by molar-refractivity contribution is 6.17. The van der Waals surface area contributed by atoms with Gasteiger partial charge in [-0.15, -0.1) is 11.6 Å². The molecule has 0 radical (unpaired) electrons. The van der Waals surface area contributed by atoms with E-state index in [0.29, 0.717) is 23.7 Å². The summed E-state index contributed by atoms with van der Waals surface area (Å²) < 4.78 is 4.27. The van der Waals surface area contributed by atoms with Gasteiger partial charge >= 0.3 is 0 Å². The third-order valence-corrected chi connectivity index (χ3v) is 19.3. The Morgan fingerprint density at radius 1 is 0.289 bits per heavy atom. The molecule has 6 fully saturated rings. The predicted octanol–water partition coefficient (Wildman–Crippen LogP) is 13.4. The van der Waals surface area contributed by atoms with Crippen LogP contribution in [0.15, 0.2) is 182 Å². The van der Waals surface area contributed by atoms with Crippen molar-refractivity contribution in [1.82, 2.24) is 4.90 Å². The van der Waals surface area contributed by atoms with Gasteiger partial charge in [-0.3, -0.25) is 4.90 Å². The first-order chi connectivity index (χ1) is 41.9. The largest absolute Gasteiger partial charge is 1.00 e. The normalized spacial score (nSPS) is 19.6. The minimum atomic E-state index is 0. The van der Waals surface area contributed by atoms with Gasteiger partial charge in [0.1, 0.15) is 39.3 Å². The molecule has 0 spiro atoms. The Kier molecular flexibility index (Phi) is 55.0. The smallest absolute Gasteiger partial charge is 0.129 e. The molecule has 6 aromatic rings. The van der Waals surface area contributed by atoms with Crippen LogP contribution in [-0.2, 0) is 0 Å². The van der Waals surface area contributed by atoms with Crippen LogP contribution in [0.2, 0.25) is 0 Å². The second-order valence-electron chi connectivity index (χ2n) is 25.8. The fourth-order valence-electron chi connectivity index (χ4n) is 10.4. The molecular formula is C82H134Cl4N4. The quantitative estimate of drug-likeness (QED) is 0.0776. The number of benzene rings is 6. The first kappa shape index (κ1) is 90.5. The zero-order valence-corrected chi connectivity index (χ0v) is 63.7. The Hall–Kier alpha value is -3.68. The van der Waals surface area contributed by atoms with Gasteiger partial charge in [0.2, 0.25) is 0 Å². The molecule has 6 aliphatic heterocycles. The number of alkyl halides is 1. The third-order valence-electron chi connectivity index (χ3n) is 19.3. The van der Waals surface area contributed by atoms with Crippen LogP contribution >= 0.6 is 11.6 Å². The molecule has 0 N–H and O–H groups in total. The Balaban J connectivity index is -0.000000947. The van der Waals surface area contributed by atoms with Crippen molar-refractivity contribution in [3.63, 3.8) is 0 Å². The van der Waals surface area contributed by atoms with Crippen molar-refractivity contribution in [2.75, 3.05) is 104 Å². The van der Waals surface area contributed by atoms with E-state index in [4.69, 9.17) is 11.6 Å². The molecule has 12 rings (SSSR count).